The van der Waals surface area contributed by atoms with E-state index in [2.05, 4.69) is 15.4 Å². The van der Waals surface area contributed by atoms with Gasteiger partial charge < -0.3 is 10.4 Å². The van der Waals surface area contributed by atoms with Crippen LogP contribution in [0.15, 0.2) is 18.5 Å². The molecule has 21 heavy (non-hydrogen) atoms. The number of anilines is 1. The molecule has 6 nitrogen and oxygen atoms in total. The van der Waals surface area contributed by atoms with Crippen LogP contribution in [0.3, 0.4) is 0 Å². The smallest absolute Gasteiger partial charge is 0.306 e. The third kappa shape index (κ3) is 2.99. The predicted octanol–water partition coefficient (Wildman–Crippen LogP) is 2.34. The van der Waals surface area contributed by atoms with Gasteiger partial charge in [-0.1, -0.05) is 0 Å². The quantitative estimate of drug-likeness (QED) is 0.902. The molecule has 6 heteroatoms. The maximum atomic E-state index is 11.0. The fourth-order valence-electron chi connectivity index (χ4n) is 3.04. The van der Waals surface area contributed by atoms with Crippen molar-refractivity contribution >= 4 is 17.3 Å². The van der Waals surface area contributed by atoms with Gasteiger partial charge in [0.25, 0.3) is 0 Å². The molecule has 112 valence electrons. The van der Waals surface area contributed by atoms with Gasteiger partial charge in [0.15, 0.2) is 5.82 Å². The summed E-state index contributed by atoms with van der Waals surface area (Å²) in [5, 5.41) is 16.8. The first-order valence-corrected chi connectivity index (χ1v) is 7.41. The van der Waals surface area contributed by atoms with Crippen molar-refractivity contribution in [1.29, 1.82) is 0 Å². The first-order chi connectivity index (χ1) is 10.1. The number of carbonyl (C=O) groups is 1. The molecule has 0 amide bonds. The molecule has 1 fully saturated rings. The second-order valence-electron chi connectivity index (χ2n) is 5.83. The average Bonchev–Trinajstić information content (AvgIpc) is 2.86. The van der Waals surface area contributed by atoms with Crippen molar-refractivity contribution in [2.75, 3.05) is 11.9 Å². The van der Waals surface area contributed by atoms with Crippen LogP contribution in [0.2, 0.25) is 0 Å². The highest BCUT2D eigenvalue weighted by Crippen LogP contribution is 2.29. The lowest BCUT2D eigenvalue weighted by atomic mass is 9.82. The van der Waals surface area contributed by atoms with Crippen LogP contribution < -0.4 is 5.32 Å². The van der Waals surface area contributed by atoms with Crippen molar-refractivity contribution < 1.29 is 9.90 Å². The first-order valence-electron chi connectivity index (χ1n) is 7.41. The van der Waals surface area contributed by atoms with Crippen LogP contribution in [0.1, 0.15) is 31.4 Å². The minimum Gasteiger partial charge on any atom is -0.481 e. The molecule has 0 bridgehead atoms. The number of hydrogen-bond donors (Lipinski definition) is 2. The first kappa shape index (κ1) is 13.9. The Morgan fingerprint density at radius 3 is 2.90 bits per heavy atom. The molecule has 0 unspecified atom stereocenters. The zero-order valence-corrected chi connectivity index (χ0v) is 12.1. The van der Waals surface area contributed by atoms with Crippen molar-refractivity contribution in [3.63, 3.8) is 0 Å². The lowest BCUT2D eigenvalue weighted by molar-refractivity contribution is -0.143. The predicted molar refractivity (Wildman–Crippen MR) is 79.3 cm³/mol. The molecule has 3 rings (SSSR count). The van der Waals surface area contributed by atoms with Crippen molar-refractivity contribution in [2.45, 2.75) is 32.6 Å². The number of nitrogens with zero attached hydrogens (tertiary/aromatic N) is 3. The van der Waals surface area contributed by atoms with Crippen molar-refractivity contribution in [3.8, 4) is 0 Å². The second kappa shape index (κ2) is 5.71. The van der Waals surface area contributed by atoms with Crippen LogP contribution in [-0.4, -0.2) is 32.2 Å². The largest absolute Gasteiger partial charge is 0.481 e. The molecule has 0 atom stereocenters. The van der Waals surface area contributed by atoms with Crippen LogP contribution in [0.5, 0.6) is 0 Å². The van der Waals surface area contributed by atoms with Crippen LogP contribution >= 0.6 is 0 Å². The zero-order chi connectivity index (χ0) is 14.8. The summed E-state index contributed by atoms with van der Waals surface area (Å²) in [7, 11) is 0. The van der Waals surface area contributed by atoms with Gasteiger partial charge in [0, 0.05) is 18.9 Å². The number of aliphatic carboxylic acids is 1. The molecule has 1 saturated carbocycles. The van der Waals surface area contributed by atoms with Crippen molar-refractivity contribution in [3.05, 3.63) is 24.2 Å². The summed E-state index contributed by atoms with van der Waals surface area (Å²) in [5.74, 6) is 0.563. The SMILES string of the molecule is Cc1cc2c(NCC3CCC(C(=O)O)CC3)nccn2n1. The Morgan fingerprint density at radius 2 is 2.19 bits per heavy atom. The van der Waals surface area contributed by atoms with E-state index < -0.39 is 5.97 Å². The topological polar surface area (TPSA) is 79.5 Å². The maximum Gasteiger partial charge on any atom is 0.306 e. The van der Waals surface area contributed by atoms with Gasteiger partial charge >= 0.3 is 5.97 Å². The Labute approximate surface area is 123 Å². The lowest BCUT2D eigenvalue weighted by Gasteiger charge is -2.26. The zero-order valence-electron chi connectivity index (χ0n) is 12.1. The number of fused-ring (bicyclic) bond motifs is 1. The van der Waals surface area contributed by atoms with Gasteiger partial charge in [-0.25, -0.2) is 9.50 Å². The number of carboxylic acids is 1. The van der Waals surface area contributed by atoms with Gasteiger partial charge in [-0.05, 0) is 44.6 Å². The fraction of sp³-hybridized carbons (Fsp3) is 0.533. The van der Waals surface area contributed by atoms with E-state index in [1.165, 1.54) is 0 Å². The monoisotopic (exact) mass is 288 g/mol. The summed E-state index contributed by atoms with van der Waals surface area (Å²) in [6.07, 6.45) is 7.07. The normalized spacial score (nSPS) is 22.3. The molecular weight excluding hydrogens is 268 g/mol. The lowest BCUT2D eigenvalue weighted by Crippen LogP contribution is -2.25. The summed E-state index contributed by atoms with van der Waals surface area (Å²) in [6, 6.07) is 2.01. The molecule has 0 aliphatic heterocycles. The highest BCUT2D eigenvalue weighted by atomic mass is 16.4. The average molecular weight is 288 g/mol. The van der Waals surface area contributed by atoms with E-state index in [1.807, 2.05) is 23.7 Å². The molecule has 0 radical (unpaired) electrons. The standard InChI is InChI=1S/C15H20N4O2/c1-10-8-13-14(16-6-7-19(13)18-10)17-9-11-2-4-12(5-3-11)15(20)21/h6-8,11-12H,2-5,9H2,1H3,(H,16,17)(H,20,21). The minimum absolute atomic E-state index is 0.153. The van der Waals surface area contributed by atoms with Gasteiger partial charge in [-0.2, -0.15) is 5.10 Å². The van der Waals surface area contributed by atoms with Crippen LogP contribution in [-0.2, 0) is 4.79 Å². The molecule has 1 aliphatic carbocycles. The summed E-state index contributed by atoms with van der Waals surface area (Å²) in [5.41, 5.74) is 1.95. The number of aromatic nitrogens is 3. The second-order valence-corrected chi connectivity index (χ2v) is 5.83. The molecule has 2 heterocycles. The summed E-state index contributed by atoms with van der Waals surface area (Å²) >= 11 is 0. The van der Waals surface area contributed by atoms with E-state index >= 15 is 0 Å². The van der Waals surface area contributed by atoms with Crippen LogP contribution in [0, 0.1) is 18.8 Å². The van der Waals surface area contributed by atoms with Gasteiger partial charge in [-0.15, -0.1) is 0 Å². The van der Waals surface area contributed by atoms with E-state index in [-0.39, 0.29) is 5.92 Å². The van der Waals surface area contributed by atoms with Crippen molar-refractivity contribution in [2.24, 2.45) is 11.8 Å². The Bertz CT molecular complexity index is 644. The molecule has 2 N–H and O–H groups in total. The third-order valence-electron chi connectivity index (χ3n) is 4.27. The van der Waals surface area contributed by atoms with Crippen LogP contribution in [0.4, 0.5) is 5.82 Å². The maximum absolute atomic E-state index is 11.0. The minimum atomic E-state index is -0.650. The van der Waals surface area contributed by atoms with Crippen molar-refractivity contribution in [1.82, 2.24) is 14.6 Å². The Balaban J connectivity index is 1.61. The summed E-state index contributed by atoms with van der Waals surface area (Å²) in [4.78, 5) is 15.3. The summed E-state index contributed by atoms with van der Waals surface area (Å²) in [6.45, 7) is 2.80. The number of carboxylic acid groups (broad SMARTS) is 1. The van der Waals surface area contributed by atoms with E-state index in [9.17, 15) is 4.79 Å². The Morgan fingerprint density at radius 1 is 1.43 bits per heavy atom. The van der Waals surface area contributed by atoms with Gasteiger partial charge in [0.1, 0.15) is 5.52 Å². The van der Waals surface area contributed by atoms with E-state index in [0.29, 0.717) is 5.92 Å². The highest BCUT2D eigenvalue weighted by Gasteiger charge is 2.25. The molecule has 0 saturated heterocycles. The molecular formula is C15H20N4O2. The number of rotatable bonds is 4. The molecule has 2 aromatic rings. The highest BCUT2D eigenvalue weighted by molar-refractivity contribution is 5.70. The Hall–Kier alpha value is -2.11. The number of aryl methyl sites for hydroxylation is 1. The summed E-state index contributed by atoms with van der Waals surface area (Å²) < 4.78 is 1.83. The van der Waals surface area contributed by atoms with Gasteiger partial charge in [0.2, 0.25) is 0 Å². The van der Waals surface area contributed by atoms with E-state index in [1.54, 1.807) is 6.20 Å². The molecule has 1 aliphatic rings. The van der Waals surface area contributed by atoms with Crippen LogP contribution in [0.25, 0.3) is 5.52 Å². The molecule has 2 aromatic heterocycles. The van der Waals surface area contributed by atoms with Gasteiger partial charge in [-0.3, -0.25) is 4.79 Å². The van der Waals surface area contributed by atoms with E-state index in [0.717, 1.165) is 49.3 Å². The fourth-order valence-corrected chi connectivity index (χ4v) is 3.04. The molecule has 0 spiro atoms. The number of nitrogens with one attached hydrogen (secondary N) is 1. The number of hydrogen-bond acceptors (Lipinski definition) is 4. The molecule has 0 aromatic carbocycles. The van der Waals surface area contributed by atoms with Gasteiger partial charge in [0.05, 0.1) is 11.6 Å². The third-order valence-corrected chi connectivity index (χ3v) is 4.27. The Kier molecular flexibility index (Phi) is 3.77. The van der Waals surface area contributed by atoms with E-state index in [4.69, 9.17) is 5.11 Å².